The zero-order chi connectivity index (χ0) is 29.6. The number of aryl methyl sites for hydroxylation is 1. The fraction of sp³-hybridized carbons (Fsp3) is 0.500. The number of fused-ring (bicyclic) bond motifs is 1. The van der Waals surface area contributed by atoms with E-state index in [4.69, 9.17) is 15.2 Å². The van der Waals surface area contributed by atoms with Crippen LogP contribution in [0.2, 0.25) is 0 Å². The van der Waals surface area contributed by atoms with E-state index >= 15 is 0 Å². The standard InChI is InChI=1S/C28H34F5N5O2/c1-15(18-7-19(28(31,32)33)9-20(34)8-18)35-25-21-10-24(23(39-6)11-22(21)36-17(3)37-25)40-14-26(16(2)38(4)5)12-27(29,30)13-26/h7-11,15-16H,12-14,34H2,1-6H3,(H,35,36,37)/t15-,16+/m1/s1. The Balaban J connectivity index is 1.68. The van der Waals surface area contributed by atoms with Gasteiger partial charge in [-0.05, 0) is 64.7 Å². The van der Waals surface area contributed by atoms with Crippen molar-refractivity contribution < 1.29 is 31.4 Å². The molecule has 218 valence electrons. The van der Waals surface area contributed by atoms with Gasteiger partial charge in [0.1, 0.15) is 11.6 Å². The van der Waals surface area contributed by atoms with Crippen molar-refractivity contribution in [3.8, 4) is 11.5 Å². The lowest BCUT2D eigenvalue weighted by Gasteiger charge is -2.52. The van der Waals surface area contributed by atoms with Crippen LogP contribution < -0.4 is 20.5 Å². The van der Waals surface area contributed by atoms with Crippen molar-refractivity contribution in [1.29, 1.82) is 0 Å². The zero-order valence-electron chi connectivity index (χ0n) is 23.3. The SMILES string of the molecule is COc1cc2nc(C)nc(N[C@H](C)c3cc(N)cc(C(F)(F)F)c3)c2cc1OCC1([C@H](C)N(C)C)CC(F)(F)C1. The third kappa shape index (κ3) is 6.01. The summed E-state index contributed by atoms with van der Waals surface area (Å²) < 4.78 is 79.8. The van der Waals surface area contributed by atoms with Crippen molar-refractivity contribution in [3.05, 3.63) is 47.3 Å². The fourth-order valence-corrected chi connectivity index (χ4v) is 5.28. The molecule has 1 fully saturated rings. The van der Waals surface area contributed by atoms with Gasteiger partial charge in [-0.3, -0.25) is 0 Å². The quantitative estimate of drug-likeness (QED) is 0.227. The summed E-state index contributed by atoms with van der Waals surface area (Å²) in [6.45, 7) is 5.33. The molecule has 1 aliphatic carbocycles. The molecule has 0 spiro atoms. The van der Waals surface area contributed by atoms with Crippen LogP contribution in [0.15, 0.2) is 30.3 Å². The van der Waals surface area contributed by atoms with Gasteiger partial charge in [0.15, 0.2) is 11.5 Å². The molecule has 2 atom stereocenters. The van der Waals surface area contributed by atoms with Gasteiger partial charge >= 0.3 is 6.18 Å². The van der Waals surface area contributed by atoms with Crippen LogP contribution in [-0.4, -0.2) is 54.6 Å². The molecule has 4 rings (SSSR count). The molecule has 0 radical (unpaired) electrons. The minimum absolute atomic E-state index is 0.00919. The highest BCUT2D eigenvalue weighted by Crippen LogP contribution is 2.55. The van der Waals surface area contributed by atoms with E-state index < -0.39 is 29.1 Å². The lowest BCUT2D eigenvalue weighted by atomic mass is 9.62. The molecule has 2 aromatic carbocycles. The number of aromatic nitrogens is 2. The number of nitrogens with zero attached hydrogens (tertiary/aromatic N) is 3. The third-order valence-electron chi connectivity index (χ3n) is 7.65. The van der Waals surface area contributed by atoms with Crippen molar-refractivity contribution in [2.75, 3.05) is 38.9 Å². The Morgan fingerprint density at radius 3 is 2.30 bits per heavy atom. The van der Waals surface area contributed by atoms with E-state index in [9.17, 15) is 22.0 Å². The number of hydrogen-bond donors (Lipinski definition) is 2. The molecule has 3 N–H and O–H groups in total. The highest BCUT2D eigenvalue weighted by molar-refractivity contribution is 5.92. The summed E-state index contributed by atoms with van der Waals surface area (Å²) in [5.74, 6) is -1.26. The van der Waals surface area contributed by atoms with Gasteiger partial charge in [-0.15, -0.1) is 0 Å². The van der Waals surface area contributed by atoms with E-state index in [2.05, 4.69) is 15.3 Å². The van der Waals surface area contributed by atoms with Crippen LogP contribution in [0.5, 0.6) is 11.5 Å². The smallest absolute Gasteiger partial charge is 0.416 e. The predicted octanol–water partition coefficient (Wildman–Crippen LogP) is 6.47. The maximum Gasteiger partial charge on any atom is 0.416 e. The van der Waals surface area contributed by atoms with E-state index in [-0.39, 0.29) is 31.2 Å². The molecule has 0 aliphatic heterocycles. The second kappa shape index (κ2) is 10.5. The first-order chi connectivity index (χ1) is 18.5. The van der Waals surface area contributed by atoms with Gasteiger partial charge in [-0.25, -0.2) is 18.7 Å². The largest absolute Gasteiger partial charge is 0.493 e. The monoisotopic (exact) mass is 567 g/mol. The normalized spacial score (nSPS) is 17.8. The highest BCUT2D eigenvalue weighted by Gasteiger charge is 2.60. The molecule has 1 aromatic heterocycles. The van der Waals surface area contributed by atoms with Crippen LogP contribution in [0.1, 0.15) is 49.7 Å². The molecule has 7 nitrogen and oxygen atoms in total. The number of nitrogens with one attached hydrogen (secondary N) is 1. The van der Waals surface area contributed by atoms with Crippen LogP contribution in [-0.2, 0) is 6.18 Å². The summed E-state index contributed by atoms with van der Waals surface area (Å²) in [5, 5.41) is 3.70. The average Bonchev–Trinajstić information content (AvgIpc) is 2.84. The molecule has 0 amide bonds. The molecule has 1 aliphatic rings. The maximum atomic E-state index is 14.0. The molecule has 0 saturated heterocycles. The molecular formula is C28H34F5N5O2. The summed E-state index contributed by atoms with van der Waals surface area (Å²) in [5.41, 5.74) is 4.99. The lowest BCUT2D eigenvalue weighted by Crippen LogP contribution is -2.59. The number of nitrogens with two attached hydrogens (primary N) is 1. The first-order valence-electron chi connectivity index (χ1n) is 12.8. The number of halogens is 5. The number of rotatable bonds is 9. The Morgan fingerprint density at radius 1 is 1.05 bits per heavy atom. The van der Waals surface area contributed by atoms with Crippen molar-refractivity contribution in [1.82, 2.24) is 14.9 Å². The molecule has 40 heavy (non-hydrogen) atoms. The van der Waals surface area contributed by atoms with Crippen molar-refractivity contribution in [2.45, 2.75) is 57.8 Å². The van der Waals surface area contributed by atoms with Crippen LogP contribution in [0.25, 0.3) is 10.9 Å². The summed E-state index contributed by atoms with van der Waals surface area (Å²) in [6.07, 6.45) is -5.12. The van der Waals surface area contributed by atoms with Gasteiger partial charge in [0.25, 0.3) is 0 Å². The van der Waals surface area contributed by atoms with Crippen LogP contribution in [0, 0.1) is 12.3 Å². The molecule has 3 aromatic rings. The van der Waals surface area contributed by atoms with Crippen molar-refractivity contribution in [2.24, 2.45) is 5.41 Å². The minimum atomic E-state index is -4.54. The van der Waals surface area contributed by atoms with Crippen LogP contribution in [0.4, 0.5) is 33.5 Å². The van der Waals surface area contributed by atoms with Gasteiger partial charge in [0, 0.05) is 41.4 Å². The van der Waals surface area contributed by atoms with Gasteiger partial charge in [-0.1, -0.05) is 0 Å². The Bertz CT molecular complexity index is 1390. The minimum Gasteiger partial charge on any atom is -0.493 e. The molecule has 12 heteroatoms. The lowest BCUT2D eigenvalue weighted by molar-refractivity contribution is -0.193. The van der Waals surface area contributed by atoms with E-state index in [1.54, 1.807) is 26.0 Å². The Kier molecular flexibility index (Phi) is 7.78. The second-order valence-electron chi connectivity index (χ2n) is 10.9. The third-order valence-corrected chi connectivity index (χ3v) is 7.65. The first-order valence-corrected chi connectivity index (χ1v) is 12.8. The Hall–Kier alpha value is -3.41. The van der Waals surface area contributed by atoms with E-state index in [1.807, 2.05) is 25.9 Å². The topological polar surface area (TPSA) is 85.5 Å². The molecule has 1 saturated carbocycles. The van der Waals surface area contributed by atoms with Gasteiger partial charge in [-0.2, -0.15) is 13.2 Å². The van der Waals surface area contributed by atoms with Crippen LogP contribution in [0.3, 0.4) is 0 Å². The number of benzene rings is 2. The summed E-state index contributed by atoms with van der Waals surface area (Å²) in [7, 11) is 5.16. The molecule has 1 heterocycles. The average molecular weight is 568 g/mol. The van der Waals surface area contributed by atoms with Crippen molar-refractivity contribution >= 4 is 22.4 Å². The van der Waals surface area contributed by atoms with Gasteiger partial charge in [0.2, 0.25) is 5.92 Å². The zero-order valence-corrected chi connectivity index (χ0v) is 23.3. The Labute approximate surface area is 229 Å². The molecule has 0 unspecified atom stereocenters. The van der Waals surface area contributed by atoms with Gasteiger partial charge < -0.3 is 25.4 Å². The number of anilines is 2. The van der Waals surface area contributed by atoms with Crippen molar-refractivity contribution in [3.63, 3.8) is 0 Å². The number of alkyl halides is 5. The maximum absolute atomic E-state index is 14.0. The Morgan fingerprint density at radius 2 is 1.73 bits per heavy atom. The first kappa shape index (κ1) is 29.6. The highest BCUT2D eigenvalue weighted by atomic mass is 19.4. The molecular weight excluding hydrogens is 533 g/mol. The van der Waals surface area contributed by atoms with E-state index in [0.717, 1.165) is 12.1 Å². The molecule has 0 bridgehead atoms. The van der Waals surface area contributed by atoms with E-state index in [0.29, 0.717) is 39.6 Å². The number of methoxy groups -OCH3 is 1. The summed E-state index contributed by atoms with van der Waals surface area (Å²) in [6, 6.07) is 5.96. The number of ether oxygens (including phenoxy) is 2. The summed E-state index contributed by atoms with van der Waals surface area (Å²) >= 11 is 0. The predicted molar refractivity (Wildman–Crippen MR) is 144 cm³/mol. The van der Waals surface area contributed by atoms with E-state index in [1.165, 1.54) is 13.2 Å². The fourth-order valence-electron chi connectivity index (χ4n) is 5.28. The number of hydrogen-bond acceptors (Lipinski definition) is 7. The van der Waals surface area contributed by atoms with Crippen LogP contribution >= 0.6 is 0 Å². The van der Waals surface area contributed by atoms with Gasteiger partial charge in [0.05, 0.1) is 30.8 Å². The number of nitrogen functional groups attached to an aromatic ring is 1. The second-order valence-corrected chi connectivity index (χ2v) is 10.9. The summed E-state index contributed by atoms with van der Waals surface area (Å²) in [4.78, 5) is 10.9.